The molecule has 1 atom stereocenters. The van der Waals surface area contributed by atoms with E-state index in [0.29, 0.717) is 5.75 Å². The van der Waals surface area contributed by atoms with Crippen molar-refractivity contribution >= 4 is 5.91 Å². The molecule has 1 aromatic rings. The Kier molecular flexibility index (Phi) is 4.58. The number of ether oxygens (including phenoxy) is 1. The summed E-state index contributed by atoms with van der Waals surface area (Å²) in [6.07, 6.45) is 1.07. The van der Waals surface area contributed by atoms with E-state index >= 15 is 0 Å². The third-order valence-corrected chi connectivity index (χ3v) is 3.62. The van der Waals surface area contributed by atoms with E-state index in [1.165, 1.54) is 5.56 Å². The molecular weight excluding hydrogens is 240 g/mol. The van der Waals surface area contributed by atoms with Crippen LogP contribution in [0.2, 0.25) is 0 Å². The summed E-state index contributed by atoms with van der Waals surface area (Å²) < 4.78 is 5.51. The number of hydrogen-bond donors (Lipinski definition) is 2. The van der Waals surface area contributed by atoms with Crippen molar-refractivity contribution < 1.29 is 9.53 Å². The molecular formula is C15H24N2O2. The Labute approximate surface area is 115 Å². The van der Waals surface area contributed by atoms with Crippen LogP contribution < -0.4 is 16.2 Å². The van der Waals surface area contributed by atoms with Crippen LogP contribution in [0.5, 0.6) is 5.75 Å². The van der Waals surface area contributed by atoms with Gasteiger partial charge in [0.05, 0.1) is 0 Å². The quantitative estimate of drug-likeness (QED) is 0.824. The first-order chi connectivity index (χ1) is 8.69. The highest BCUT2D eigenvalue weighted by Crippen LogP contribution is 2.28. The first-order valence-electron chi connectivity index (χ1n) is 6.51. The van der Waals surface area contributed by atoms with E-state index in [1.807, 2.05) is 24.3 Å². The number of primary amides is 1. The second-order valence-electron chi connectivity index (χ2n) is 5.83. The molecule has 19 heavy (non-hydrogen) atoms. The molecule has 0 saturated heterocycles. The van der Waals surface area contributed by atoms with Gasteiger partial charge in [-0.25, -0.2) is 0 Å². The number of hydrogen-bond acceptors (Lipinski definition) is 3. The molecule has 0 aliphatic heterocycles. The summed E-state index contributed by atoms with van der Waals surface area (Å²) in [5, 5.41) is 0. The highest BCUT2D eigenvalue weighted by atomic mass is 16.5. The molecule has 1 unspecified atom stereocenters. The van der Waals surface area contributed by atoms with Crippen LogP contribution in [-0.4, -0.2) is 18.1 Å². The summed E-state index contributed by atoms with van der Waals surface area (Å²) in [4.78, 5) is 11.1. The van der Waals surface area contributed by atoms with Crippen LogP contribution in [0.4, 0.5) is 0 Å². The largest absolute Gasteiger partial charge is 0.491 e. The molecule has 4 heteroatoms. The Morgan fingerprint density at radius 1 is 1.21 bits per heavy atom. The first-order valence-corrected chi connectivity index (χ1v) is 6.51. The van der Waals surface area contributed by atoms with Crippen molar-refractivity contribution in [2.45, 2.75) is 45.1 Å². The van der Waals surface area contributed by atoms with E-state index in [9.17, 15) is 4.79 Å². The standard InChI is InChI=1S/C15H24N2O2/c1-5-14(2,3)11-6-8-12(9-7-11)19-10-15(4,17)13(16)18/h6-9H,5,10,17H2,1-4H3,(H2,16,18). The summed E-state index contributed by atoms with van der Waals surface area (Å²) in [6, 6.07) is 7.86. The predicted molar refractivity (Wildman–Crippen MR) is 77.0 cm³/mol. The zero-order valence-electron chi connectivity index (χ0n) is 12.2. The molecule has 0 aliphatic carbocycles. The topological polar surface area (TPSA) is 78.3 Å². The molecule has 0 aliphatic rings. The fourth-order valence-corrected chi connectivity index (χ4v) is 1.51. The Morgan fingerprint density at radius 3 is 2.16 bits per heavy atom. The van der Waals surface area contributed by atoms with Gasteiger partial charge in [-0.15, -0.1) is 0 Å². The van der Waals surface area contributed by atoms with Crippen LogP contribution in [0.1, 0.15) is 39.7 Å². The van der Waals surface area contributed by atoms with Crippen molar-refractivity contribution in [3.8, 4) is 5.75 Å². The number of rotatable bonds is 6. The molecule has 0 aromatic heterocycles. The molecule has 0 fully saturated rings. The molecule has 0 heterocycles. The minimum absolute atomic E-state index is 0.0683. The maximum Gasteiger partial charge on any atom is 0.240 e. The second kappa shape index (κ2) is 5.61. The highest BCUT2D eigenvalue weighted by molar-refractivity contribution is 5.84. The van der Waals surface area contributed by atoms with Crippen molar-refractivity contribution in [3.63, 3.8) is 0 Å². The zero-order valence-corrected chi connectivity index (χ0v) is 12.2. The van der Waals surface area contributed by atoms with Crippen molar-refractivity contribution in [1.29, 1.82) is 0 Å². The Morgan fingerprint density at radius 2 is 1.74 bits per heavy atom. The van der Waals surface area contributed by atoms with Gasteiger partial charge in [0, 0.05) is 0 Å². The van der Waals surface area contributed by atoms with E-state index in [4.69, 9.17) is 16.2 Å². The molecule has 0 saturated carbocycles. The monoisotopic (exact) mass is 264 g/mol. The first kappa shape index (κ1) is 15.5. The molecule has 1 aromatic carbocycles. The summed E-state index contributed by atoms with van der Waals surface area (Å²) >= 11 is 0. The molecule has 4 N–H and O–H groups in total. The Balaban J connectivity index is 2.71. The maximum absolute atomic E-state index is 11.1. The van der Waals surface area contributed by atoms with Gasteiger partial charge in [0.25, 0.3) is 0 Å². The van der Waals surface area contributed by atoms with Gasteiger partial charge in [0.15, 0.2) is 0 Å². The van der Waals surface area contributed by atoms with Crippen LogP contribution in [-0.2, 0) is 10.2 Å². The lowest BCUT2D eigenvalue weighted by Crippen LogP contribution is -2.53. The number of benzene rings is 1. The fourth-order valence-electron chi connectivity index (χ4n) is 1.51. The average molecular weight is 264 g/mol. The van der Waals surface area contributed by atoms with Crippen molar-refractivity contribution in [2.24, 2.45) is 11.5 Å². The number of amides is 1. The smallest absolute Gasteiger partial charge is 0.240 e. The Bertz CT molecular complexity index is 436. The van der Waals surface area contributed by atoms with Gasteiger partial charge in [-0.2, -0.15) is 0 Å². The SMILES string of the molecule is CCC(C)(C)c1ccc(OCC(C)(N)C(N)=O)cc1. The molecule has 0 spiro atoms. The van der Waals surface area contributed by atoms with Crippen LogP contribution >= 0.6 is 0 Å². The van der Waals surface area contributed by atoms with E-state index in [-0.39, 0.29) is 12.0 Å². The molecule has 1 amide bonds. The van der Waals surface area contributed by atoms with E-state index in [1.54, 1.807) is 6.92 Å². The molecule has 106 valence electrons. The average Bonchev–Trinajstić information content (AvgIpc) is 2.37. The maximum atomic E-state index is 11.1. The predicted octanol–water partition coefficient (Wildman–Crippen LogP) is 1.96. The van der Waals surface area contributed by atoms with Gasteiger partial charge < -0.3 is 16.2 Å². The van der Waals surface area contributed by atoms with Gasteiger partial charge >= 0.3 is 0 Å². The van der Waals surface area contributed by atoms with Crippen LogP contribution in [0.25, 0.3) is 0 Å². The normalized spacial score (nSPS) is 14.8. The van der Waals surface area contributed by atoms with E-state index < -0.39 is 11.4 Å². The molecule has 1 rings (SSSR count). The highest BCUT2D eigenvalue weighted by Gasteiger charge is 2.26. The minimum atomic E-state index is -1.15. The number of nitrogens with two attached hydrogens (primary N) is 2. The lowest BCUT2D eigenvalue weighted by Gasteiger charge is -2.24. The van der Waals surface area contributed by atoms with Gasteiger partial charge in [-0.3, -0.25) is 4.79 Å². The lowest BCUT2D eigenvalue weighted by atomic mass is 9.82. The van der Waals surface area contributed by atoms with Gasteiger partial charge in [-0.05, 0) is 36.5 Å². The summed E-state index contributed by atoms with van der Waals surface area (Å²) in [5.41, 5.74) is 11.2. The van der Waals surface area contributed by atoms with E-state index in [2.05, 4.69) is 20.8 Å². The van der Waals surface area contributed by atoms with Gasteiger partial charge in [0.1, 0.15) is 17.9 Å². The Hall–Kier alpha value is -1.55. The van der Waals surface area contributed by atoms with Crippen molar-refractivity contribution in [2.75, 3.05) is 6.61 Å². The van der Waals surface area contributed by atoms with Gasteiger partial charge in [0.2, 0.25) is 5.91 Å². The minimum Gasteiger partial charge on any atom is -0.491 e. The summed E-state index contributed by atoms with van der Waals surface area (Å²) in [7, 11) is 0. The molecule has 0 bridgehead atoms. The van der Waals surface area contributed by atoms with Crippen molar-refractivity contribution in [3.05, 3.63) is 29.8 Å². The molecule has 0 radical (unpaired) electrons. The fraction of sp³-hybridized carbons (Fsp3) is 0.533. The molecule has 4 nitrogen and oxygen atoms in total. The zero-order chi connectivity index (χ0) is 14.7. The van der Waals surface area contributed by atoms with E-state index in [0.717, 1.165) is 6.42 Å². The lowest BCUT2D eigenvalue weighted by molar-refractivity contribution is -0.123. The number of carbonyl (C=O) groups excluding carboxylic acids is 1. The van der Waals surface area contributed by atoms with Crippen LogP contribution in [0, 0.1) is 0 Å². The van der Waals surface area contributed by atoms with Crippen LogP contribution in [0.3, 0.4) is 0 Å². The second-order valence-corrected chi connectivity index (χ2v) is 5.83. The third-order valence-electron chi connectivity index (χ3n) is 3.62. The van der Waals surface area contributed by atoms with Crippen LogP contribution in [0.15, 0.2) is 24.3 Å². The summed E-state index contributed by atoms with van der Waals surface area (Å²) in [6.45, 7) is 8.19. The van der Waals surface area contributed by atoms with Gasteiger partial charge in [-0.1, -0.05) is 32.9 Å². The summed E-state index contributed by atoms with van der Waals surface area (Å²) in [5.74, 6) is 0.116. The third kappa shape index (κ3) is 3.96. The number of carbonyl (C=O) groups is 1. The van der Waals surface area contributed by atoms with Crippen molar-refractivity contribution in [1.82, 2.24) is 0 Å².